The lowest BCUT2D eigenvalue weighted by Crippen LogP contribution is -2.73. The molecule has 1 N–H and O–H groups in total. The zero-order chi connectivity index (χ0) is 27.9. The number of aryl methyl sites for hydroxylation is 1. The van der Waals surface area contributed by atoms with Crippen LogP contribution in [0.5, 0.6) is 5.75 Å². The van der Waals surface area contributed by atoms with Gasteiger partial charge in [-0.25, -0.2) is 9.69 Å². The lowest BCUT2D eigenvalue weighted by molar-refractivity contribution is -0.191. The number of nitrogens with one attached hydrogen (secondary N) is 1. The second-order valence-corrected chi connectivity index (χ2v) is 10.3. The van der Waals surface area contributed by atoms with E-state index in [1.54, 1.807) is 7.11 Å². The average molecular weight is 524 g/mol. The first-order valence-electron chi connectivity index (χ1n) is 13.9. The number of methoxy groups -OCH3 is 1. The first kappa shape index (κ1) is 29.7. The molecule has 3 rings (SSSR count). The second kappa shape index (κ2) is 13.3. The maximum atomic E-state index is 13.5. The molecule has 0 aliphatic carbocycles. The summed E-state index contributed by atoms with van der Waals surface area (Å²) in [5.74, 6) is 0.458. The minimum Gasteiger partial charge on any atom is -0.469 e. The quantitative estimate of drug-likeness (QED) is 0.315. The van der Waals surface area contributed by atoms with E-state index in [0.717, 1.165) is 30.5 Å². The van der Waals surface area contributed by atoms with Crippen molar-refractivity contribution >= 4 is 11.9 Å². The normalized spacial score (nSPS) is 18.2. The van der Waals surface area contributed by atoms with E-state index in [4.69, 9.17) is 9.47 Å². The van der Waals surface area contributed by atoms with Crippen LogP contribution in [0.4, 0.5) is 4.79 Å². The summed E-state index contributed by atoms with van der Waals surface area (Å²) in [5, 5.41) is 3.11. The molecule has 3 amide bonds. The van der Waals surface area contributed by atoms with Crippen LogP contribution in [0.2, 0.25) is 0 Å². The molecule has 1 fully saturated rings. The SMILES string of the molecule is CCCC(NC(=O)N1C(=O)C(CC)(CC)C1Oc1ccc([C@@H](COC)N(C)CC)cc1)c1ccc(C)cc1. The average Bonchev–Trinajstić information content (AvgIpc) is 2.92. The van der Waals surface area contributed by atoms with E-state index < -0.39 is 17.7 Å². The molecule has 2 aromatic rings. The molecule has 2 unspecified atom stereocenters. The molecule has 38 heavy (non-hydrogen) atoms. The van der Waals surface area contributed by atoms with E-state index in [0.29, 0.717) is 25.2 Å². The van der Waals surface area contributed by atoms with Crippen LogP contribution in [0, 0.1) is 12.3 Å². The molecule has 0 bridgehead atoms. The number of β-lactam (4-membered cyclic amide) rings is 1. The number of likely N-dealkylation sites (N-methyl/N-ethyl adjacent to an activating group) is 1. The van der Waals surface area contributed by atoms with Gasteiger partial charge in [-0.05, 0) is 63.0 Å². The van der Waals surface area contributed by atoms with Crippen LogP contribution in [-0.4, -0.2) is 55.3 Å². The Labute approximate surface area is 228 Å². The van der Waals surface area contributed by atoms with E-state index in [9.17, 15) is 9.59 Å². The Morgan fingerprint density at radius 3 is 2.16 bits per heavy atom. The smallest absolute Gasteiger partial charge is 0.327 e. The monoisotopic (exact) mass is 523 g/mol. The van der Waals surface area contributed by atoms with Gasteiger partial charge in [0.05, 0.1) is 18.7 Å². The third kappa shape index (κ3) is 6.05. The summed E-state index contributed by atoms with van der Waals surface area (Å²) in [6.07, 6.45) is 2.23. The third-order valence-electron chi connectivity index (χ3n) is 8.06. The Bertz CT molecular complexity index is 1050. The number of imide groups is 1. The van der Waals surface area contributed by atoms with Gasteiger partial charge in [-0.2, -0.15) is 0 Å². The summed E-state index contributed by atoms with van der Waals surface area (Å²) >= 11 is 0. The van der Waals surface area contributed by atoms with E-state index in [-0.39, 0.29) is 18.0 Å². The van der Waals surface area contributed by atoms with E-state index in [1.165, 1.54) is 10.5 Å². The van der Waals surface area contributed by atoms with E-state index in [1.807, 2.05) is 69.3 Å². The molecule has 3 atom stereocenters. The summed E-state index contributed by atoms with van der Waals surface area (Å²) in [6, 6.07) is 15.6. The number of ether oxygens (including phenoxy) is 2. The summed E-state index contributed by atoms with van der Waals surface area (Å²) in [4.78, 5) is 30.4. The maximum absolute atomic E-state index is 13.5. The number of rotatable bonds is 13. The molecule has 2 aromatic carbocycles. The number of nitrogens with zero attached hydrogens (tertiary/aromatic N) is 2. The number of amides is 3. The number of urea groups is 1. The van der Waals surface area contributed by atoms with E-state index in [2.05, 4.69) is 31.1 Å². The van der Waals surface area contributed by atoms with Crippen molar-refractivity contribution in [2.24, 2.45) is 5.41 Å². The first-order valence-corrected chi connectivity index (χ1v) is 13.9. The number of benzene rings is 2. The maximum Gasteiger partial charge on any atom is 0.327 e. The molecule has 1 heterocycles. The fraction of sp³-hybridized carbons (Fsp3) is 0.548. The van der Waals surface area contributed by atoms with Crippen molar-refractivity contribution in [3.8, 4) is 5.75 Å². The van der Waals surface area contributed by atoms with Crippen LogP contribution < -0.4 is 10.1 Å². The third-order valence-corrected chi connectivity index (χ3v) is 8.06. The standard InChI is InChI=1S/C31H45N3O4/c1-8-12-26(23-15-13-22(5)14-16-23)32-30(36)34-28(35)31(9-2,10-3)29(34)38-25-19-17-24(18-20-25)27(21-37-7)33(6)11-4/h13-20,26-27,29H,8-12,21H2,1-7H3,(H,32,36)/t26?,27-,29?/m1/s1. The predicted molar refractivity (Wildman–Crippen MR) is 151 cm³/mol. The van der Waals surface area contributed by atoms with Crippen molar-refractivity contribution < 1.29 is 19.1 Å². The Balaban J connectivity index is 1.82. The van der Waals surface area contributed by atoms with Crippen LogP contribution >= 0.6 is 0 Å². The summed E-state index contributed by atoms with van der Waals surface area (Å²) in [6.45, 7) is 11.7. The molecule has 0 saturated carbocycles. The fourth-order valence-electron chi connectivity index (χ4n) is 5.28. The zero-order valence-corrected chi connectivity index (χ0v) is 24.1. The highest BCUT2D eigenvalue weighted by atomic mass is 16.5. The van der Waals surface area contributed by atoms with Crippen LogP contribution in [0.25, 0.3) is 0 Å². The van der Waals surface area contributed by atoms with Crippen molar-refractivity contribution in [3.05, 3.63) is 65.2 Å². The Morgan fingerprint density at radius 2 is 1.63 bits per heavy atom. The molecule has 0 aromatic heterocycles. The molecule has 7 nitrogen and oxygen atoms in total. The van der Waals surface area contributed by atoms with Gasteiger partial charge in [0.1, 0.15) is 11.2 Å². The number of carbonyl (C=O) groups excluding carboxylic acids is 2. The zero-order valence-electron chi connectivity index (χ0n) is 24.1. The van der Waals surface area contributed by atoms with E-state index >= 15 is 0 Å². The van der Waals surface area contributed by atoms with Gasteiger partial charge in [0.15, 0.2) is 6.23 Å². The second-order valence-electron chi connectivity index (χ2n) is 10.3. The molecule has 1 aliphatic heterocycles. The Kier molecular flexibility index (Phi) is 10.3. The van der Waals surface area contributed by atoms with Crippen LogP contribution in [-0.2, 0) is 9.53 Å². The molecule has 0 spiro atoms. The highest BCUT2D eigenvalue weighted by Crippen LogP contribution is 2.46. The van der Waals surface area contributed by atoms with Crippen LogP contribution in [0.15, 0.2) is 48.5 Å². The topological polar surface area (TPSA) is 71.1 Å². The molecule has 1 aliphatic rings. The van der Waals surface area contributed by atoms with Gasteiger partial charge >= 0.3 is 6.03 Å². The van der Waals surface area contributed by atoms with Gasteiger partial charge in [0.25, 0.3) is 0 Å². The minimum absolute atomic E-state index is 0.134. The Morgan fingerprint density at radius 1 is 1.03 bits per heavy atom. The Hall–Kier alpha value is -2.90. The van der Waals surface area contributed by atoms with Gasteiger partial charge < -0.3 is 14.8 Å². The highest BCUT2D eigenvalue weighted by Gasteiger charge is 2.63. The van der Waals surface area contributed by atoms with Gasteiger partial charge in [-0.3, -0.25) is 9.69 Å². The largest absolute Gasteiger partial charge is 0.469 e. The van der Waals surface area contributed by atoms with Crippen LogP contribution in [0.1, 0.15) is 82.2 Å². The minimum atomic E-state index is -0.721. The van der Waals surface area contributed by atoms with Gasteiger partial charge in [-0.1, -0.05) is 76.1 Å². The number of hydrogen-bond acceptors (Lipinski definition) is 5. The molecule has 1 saturated heterocycles. The lowest BCUT2D eigenvalue weighted by atomic mass is 9.72. The lowest BCUT2D eigenvalue weighted by Gasteiger charge is -2.53. The van der Waals surface area contributed by atoms with Crippen molar-refractivity contribution in [2.75, 3.05) is 27.3 Å². The van der Waals surface area contributed by atoms with Gasteiger partial charge in [0.2, 0.25) is 5.91 Å². The summed E-state index contributed by atoms with van der Waals surface area (Å²) in [5.41, 5.74) is 2.60. The number of carbonyl (C=O) groups is 2. The molecule has 7 heteroatoms. The molecule has 208 valence electrons. The van der Waals surface area contributed by atoms with Gasteiger partial charge in [0, 0.05) is 7.11 Å². The van der Waals surface area contributed by atoms with Crippen molar-refractivity contribution in [1.29, 1.82) is 0 Å². The van der Waals surface area contributed by atoms with Crippen molar-refractivity contribution in [2.45, 2.75) is 78.6 Å². The van der Waals surface area contributed by atoms with Crippen molar-refractivity contribution in [3.63, 3.8) is 0 Å². The fourth-order valence-corrected chi connectivity index (χ4v) is 5.28. The van der Waals surface area contributed by atoms with Crippen molar-refractivity contribution in [1.82, 2.24) is 15.1 Å². The highest BCUT2D eigenvalue weighted by molar-refractivity contribution is 6.03. The first-order chi connectivity index (χ1) is 18.3. The number of hydrogen-bond donors (Lipinski definition) is 1. The molecular formula is C31H45N3O4. The number of likely N-dealkylation sites (tertiary alicyclic amines) is 1. The summed E-state index contributed by atoms with van der Waals surface area (Å²) < 4.78 is 11.8. The molecular weight excluding hydrogens is 478 g/mol. The predicted octanol–water partition coefficient (Wildman–Crippen LogP) is 6.24. The van der Waals surface area contributed by atoms with Crippen LogP contribution in [0.3, 0.4) is 0 Å². The summed E-state index contributed by atoms with van der Waals surface area (Å²) in [7, 11) is 3.78. The van der Waals surface area contributed by atoms with Gasteiger partial charge in [-0.15, -0.1) is 0 Å². The molecule has 0 radical (unpaired) electrons.